The van der Waals surface area contributed by atoms with Crippen molar-refractivity contribution in [2.45, 2.75) is 6.54 Å². The van der Waals surface area contributed by atoms with Gasteiger partial charge in [0.1, 0.15) is 5.82 Å². The van der Waals surface area contributed by atoms with Crippen molar-refractivity contribution < 1.29 is 4.79 Å². The molecular formula is C19H15Cl2N3O. The van der Waals surface area contributed by atoms with E-state index in [-0.39, 0.29) is 5.91 Å². The van der Waals surface area contributed by atoms with Crippen molar-refractivity contribution in [1.29, 1.82) is 0 Å². The van der Waals surface area contributed by atoms with E-state index in [1.807, 2.05) is 24.3 Å². The van der Waals surface area contributed by atoms with Crippen molar-refractivity contribution in [3.8, 4) is 0 Å². The van der Waals surface area contributed by atoms with Crippen molar-refractivity contribution in [2.75, 3.05) is 5.32 Å². The molecule has 0 saturated carbocycles. The third-order valence-electron chi connectivity index (χ3n) is 3.51. The molecule has 3 rings (SSSR count). The first-order valence-corrected chi connectivity index (χ1v) is 8.37. The molecule has 25 heavy (non-hydrogen) atoms. The van der Waals surface area contributed by atoms with Crippen LogP contribution in [0.5, 0.6) is 0 Å². The topological polar surface area (TPSA) is 54.0 Å². The van der Waals surface area contributed by atoms with Crippen LogP contribution in [0.15, 0.2) is 66.9 Å². The maximum atomic E-state index is 12.2. The smallest absolute Gasteiger partial charge is 0.253 e. The van der Waals surface area contributed by atoms with Crippen molar-refractivity contribution in [3.05, 3.63) is 88.0 Å². The number of carbonyl (C=O) groups excluding carboxylic acids is 1. The summed E-state index contributed by atoms with van der Waals surface area (Å²) in [6, 6.07) is 18.1. The summed E-state index contributed by atoms with van der Waals surface area (Å²) in [5, 5.41) is 7.34. The van der Waals surface area contributed by atoms with Gasteiger partial charge in [-0.3, -0.25) is 4.79 Å². The largest absolute Gasteiger partial charge is 0.348 e. The van der Waals surface area contributed by atoms with Crippen LogP contribution in [0.2, 0.25) is 10.0 Å². The second kappa shape index (κ2) is 8.01. The molecule has 1 amide bonds. The van der Waals surface area contributed by atoms with Crippen LogP contribution in [0.1, 0.15) is 15.9 Å². The molecule has 0 bridgehead atoms. The van der Waals surface area contributed by atoms with Crippen LogP contribution in [0.4, 0.5) is 11.5 Å². The van der Waals surface area contributed by atoms with Crippen LogP contribution in [-0.2, 0) is 6.54 Å². The summed E-state index contributed by atoms with van der Waals surface area (Å²) in [6.07, 6.45) is 1.54. The molecule has 126 valence electrons. The Kier molecular flexibility index (Phi) is 5.53. The Hall–Kier alpha value is -2.56. The predicted octanol–water partition coefficient (Wildman–Crippen LogP) is 5.06. The zero-order chi connectivity index (χ0) is 17.6. The molecule has 1 aromatic heterocycles. The monoisotopic (exact) mass is 371 g/mol. The average molecular weight is 372 g/mol. The molecule has 0 atom stereocenters. The Morgan fingerprint density at radius 2 is 1.52 bits per heavy atom. The quantitative estimate of drug-likeness (QED) is 0.658. The van der Waals surface area contributed by atoms with Gasteiger partial charge in [-0.25, -0.2) is 4.98 Å². The van der Waals surface area contributed by atoms with Gasteiger partial charge in [-0.1, -0.05) is 35.3 Å². The van der Waals surface area contributed by atoms with Crippen LogP contribution in [0.3, 0.4) is 0 Å². The standard InChI is InChI=1S/C19H15Cl2N3O/c20-15-4-1-13(2-5-15)11-23-19(25)14-3-10-18(22-12-14)24-17-8-6-16(21)7-9-17/h1-10,12H,11H2,(H,22,24)(H,23,25). The van der Waals surface area contributed by atoms with Crippen LogP contribution in [0.25, 0.3) is 0 Å². The van der Waals surface area contributed by atoms with Crippen molar-refractivity contribution in [1.82, 2.24) is 10.3 Å². The van der Waals surface area contributed by atoms with E-state index in [1.54, 1.807) is 36.4 Å². The number of hydrogen-bond donors (Lipinski definition) is 2. The number of halogens is 2. The van der Waals surface area contributed by atoms with Crippen molar-refractivity contribution >= 4 is 40.6 Å². The van der Waals surface area contributed by atoms with Gasteiger partial charge in [-0.2, -0.15) is 0 Å². The third kappa shape index (κ3) is 4.95. The maximum Gasteiger partial charge on any atom is 0.253 e. The first-order chi connectivity index (χ1) is 12.1. The van der Waals surface area contributed by atoms with Crippen molar-refractivity contribution in [2.24, 2.45) is 0 Å². The molecule has 0 aliphatic heterocycles. The van der Waals surface area contributed by atoms with Crippen LogP contribution < -0.4 is 10.6 Å². The highest BCUT2D eigenvalue weighted by Crippen LogP contribution is 2.17. The van der Waals surface area contributed by atoms with E-state index < -0.39 is 0 Å². The minimum absolute atomic E-state index is 0.180. The lowest BCUT2D eigenvalue weighted by atomic mass is 10.2. The fourth-order valence-corrected chi connectivity index (χ4v) is 2.42. The van der Waals surface area contributed by atoms with Crippen LogP contribution in [-0.4, -0.2) is 10.9 Å². The Labute approximate surface area is 155 Å². The molecule has 0 unspecified atom stereocenters. The van der Waals surface area contributed by atoms with Gasteiger partial charge in [0.25, 0.3) is 5.91 Å². The average Bonchev–Trinajstić information content (AvgIpc) is 2.63. The maximum absolute atomic E-state index is 12.2. The molecule has 0 saturated heterocycles. The summed E-state index contributed by atoms with van der Waals surface area (Å²) < 4.78 is 0. The molecule has 0 radical (unpaired) electrons. The van der Waals surface area contributed by atoms with Crippen molar-refractivity contribution in [3.63, 3.8) is 0 Å². The number of nitrogens with zero attached hydrogens (tertiary/aromatic N) is 1. The number of amides is 1. The van der Waals surface area contributed by atoms with E-state index in [0.29, 0.717) is 28.0 Å². The molecule has 0 aliphatic carbocycles. The summed E-state index contributed by atoms with van der Waals surface area (Å²) in [5.41, 5.74) is 2.35. The molecule has 2 aromatic carbocycles. The number of carbonyl (C=O) groups is 1. The van der Waals surface area contributed by atoms with Gasteiger partial charge in [0, 0.05) is 28.5 Å². The highest BCUT2D eigenvalue weighted by Gasteiger charge is 2.06. The summed E-state index contributed by atoms with van der Waals surface area (Å²) in [5.74, 6) is 0.470. The second-order valence-electron chi connectivity index (χ2n) is 5.37. The van der Waals surface area contributed by atoms with E-state index >= 15 is 0 Å². The number of pyridine rings is 1. The lowest BCUT2D eigenvalue weighted by molar-refractivity contribution is 0.0950. The Balaban J connectivity index is 1.58. The van der Waals surface area contributed by atoms with E-state index in [2.05, 4.69) is 15.6 Å². The lowest BCUT2D eigenvalue weighted by Crippen LogP contribution is -2.22. The summed E-state index contributed by atoms with van der Waals surface area (Å²) in [7, 11) is 0. The van der Waals surface area contributed by atoms with Gasteiger partial charge in [0.2, 0.25) is 0 Å². The van der Waals surface area contributed by atoms with Gasteiger partial charge < -0.3 is 10.6 Å². The number of rotatable bonds is 5. The number of hydrogen-bond acceptors (Lipinski definition) is 3. The summed E-state index contributed by atoms with van der Waals surface area (Å²) >= 11 is 11.7. The molecule has 2 N–H and O–H groups in total. The Bertz CT molecular complexity index is 847. The number of aromatic nitrogens is 1. The van der Waals surface area contributed by atoms with Gasteiger partial charge in [0.05, 0.1) is 5.56 Å². The molecule has 0 spiro atoms. The van der Waals surface area contributed by atoms with E-state index in [4.69, 9.17) is 23.2 Å². The fourth-order valence-electron chi connectivity index (χ4n) is 2.17. The van der Waals surface area contributed by atoms with Crippen LogP contribution >= 0.6 is 23.2 Å². The highest BCUT2D eigenvalue weighted by atomic mass is 35.5. The van der Waals surface area contributed by atoms with Gasteiger partial charge >= 0.3 is 0 Å². The normalized spacial score (nSPS) is 10.3. The van der Waals surface area contributed by atoms with Gasteiger partial charge in [0.15, 0.2) is 0 Å². The number of anilines is 2. The predicted molar refractivity (Wildman–Crippen MR) is 102 cm³/mol. The molecule has 6 heteroatoms. The molecule has 1 heterocycles. The first kappa shape index (κ1) is 17.3. The van der Waals surface area contributed by atoms with Gasteiger partial charge in [-0.05, 0) is 54.1 Å². The fraction of sp³-hybridized carbons (Fsp3) is 0.0526. The summed E-state index contributed by atoms with van der Waals surface area (Å²) in [6.45, 7) is 0.431. The number of benzene rings is 2. The highest BCUT2D eigenvalue weighted by molar-refractivity contribution is 6.30. The zero-order valence-electron chi connectivity index (χ0n) is 13.2. The molecular weight excluding hydrogens is 357 g/mol. The molecule has 4 nitrogen and oxygen atoms in total. The minimum Gasteiger partial charge on any atom is -0.348 e. The van der Waals surface area contributed by atoms with E-state index in [9.17, 15) is 4.79 Å². The first-order valence-electron chi connectivity index (χ1n) is 7.61. The molecule has 0 aliphatic rings. The van der Waals surface area contributed by atoms with Crippen LogP contribution in [0, 0.1) is 0 Å². The van der Waals surface area contributed by atoms with Gasteiger partial charge in [-0.15, -0.1) is 0 Å². The van der Waals surface area contributed by atoms with E-state index in [0.717, 1.165) is 11.3 Å². The second-order valence-corrected chi connectivity index (χ2v) is 6.25. The third-order valence-corrected chi connectivity index (χ3v) is 4.01. The molecule has 0 fully saturated rings. The minimum atomic E-state index is -0.180. The molecule has 3 aromatic rings. The SMILES string of the molecule is O=C(NCc1ccc(Cl)cc1)c1ccc(Nc2ccc(Cl)cc2)nc1. The number of nitrogens with one attached hydrogen (secondary N) is 2. The Morgan fingerprint density at radius 1 is 0.880 bits per heavy atom. The Morgan fingerprint density at radius 3 is 2.12 bits per heavy atom. The zero-order valence-corrected chi connectivity index (χ0v) is 14.7. The summed E-state index contributed by atoms with van der Waals surface area (Å²) in [4.78, 5) is 16.4. The van der Waals surface area contributed by atoms with E-state index in [1.165, 1.54) is 6.20 Å². The lowest BCUT2D eigenvalue weighted by Gasteiger charge is -2.08.